The van der Waals surface area contributed by atoms with Crippen molar-refractivity contribution in [3.8, 4) is 0 Å². The number of rotatable bonds is 7. The van der Waals surface area contributed by atoms with E-state index in [0.29, 0.717) is 18.6 Å². The topological polar surface area (TPSA) is 84.3 Å². The smallest absolute Gasteiger partial charge is 0.333 e. The van der Waals surface area contributed by atoms with Gasteiger partial charge in [-0.25, -0.2) is 4.79 Å². The van der Waals surface area contributed by atoms with Crippen LogP contribution in [-0.2, 0) is 14.0 Å². The van der Waals surface area contributed by atoms with E-state index in [0.717, 1.165) is 10.4 Å². The van der Waals surface area contributed by atoms with Gasteiger partial charge in [0, 0.05) is 16.9 Å². The van der Waals surface area contributed by atoms with Crippen LogP contribution in [0.2, 0.25) is 5.04 Å². The standard InChI is InChI=1S/C26H33N3O3Si/c1-6-31-25(30)20-17-19(2)24(28-29-27)23(18-20)32-33(26(3,4)5,21-13-9-7-10-14-21)22-15-11-8-12-16-22/h7-17,19,23-24H,6,18H2,1-5H3/t19-,23-,24-/m0/s1. The fourth-order valence-electron chi connectivity index (χ4n) is 4.80. The Kier molecular flexibility index (Phi) is 7.79. The molecule has 174 valence electrons. The molecule has 1 aliphatic rings. The van der Waals surface area contributed by atoms with E-state index in [4.69, 9.17) is 9.16 Å². The van der Waals surface area contributed by atoms with Crippen LogP contribution in [0.4, 0.5) is 0 Å². The summed E-state index contributed by atoms with van der Waals surface area (Å²) in [6, 6.07) is 20.2. The second-order valence-corrected chi connectivity index (χ2v) is 13.7. The molecule has 3 rings (SSSR count). The summed E-state index contributed by atoms with van der Waals surface area (Å²) in [5.74, 6) is -0.489. The van der Waals surface area contributed by atoms with Gasteiger partial charge >= 0.3 is 5.97 Å². The Bertz CT molecular complexity index is 988. The zero-order valence-electron chi connectivity index (χ0n) is 20.1. The molecule has 0 amide bonds. The number of hydrogen-bond acceptors (Lipinski definition) is 4. The van der Waals surface area contributed by atoms with E-state index >= 15 is 0 Å². The number of benzene rings is 2. The van der Waals surface area contributed by atoms with E-state index < -0.39 is 20.5 Å². The van der Waals surface area contributed by atoms with E-state index in [2.05, 4.69) is 55.1 Å². The molecule has 0 radical (unpaired) electrons. The predicted octanol–water partition coefficient (Wildman–Crippen LogP) is 5.14. The van der Waals surface area contributed by atoms with Gasteiger partial charge in [-0.1, -0.05) is 99.5 Å². The van der Waals surface area contributed by atoms with Gasteiger partial charge in [-0.15, -0.1) is 0 Å². The number of carbonyl (C=O) groups is 1. The molecule has 3 atom stereocenters. The van der Waals surface area contributed by atoms with Crippen LogP contribution in [-0.4, -0.2) is 33.0 Å². The molecule has 2 aromatic carbocycles. The van der Waals surface area contributed by atoms with Gasteiger partial charge < -0.3 is 9.16 Å². The minimum atomic E-state index is -2.88. The fourth-order valence-corrected chi connectivity index (χ4v) is 9.50. The third-order valence-electron chi connectivity index (χ3n) is 6.27. The zero-order valence-corrected chi connectivity index (χ0v) is 21.1. The van der Waals surface area contributed by atoms with Gasteiger partial charge in [-0.3, -0.25) is 0 Å². The summed E-state index contributed by atoms with van der Waals surface area (Å²) in [6.45, 7) is 10.7. The van der Waals surface area contributed by atoms with Crippen LogP contribution >= 0.6 is 0 Å². The highest BCUT2D eigenvalue weighted by molar-refractivity contribution is 6.99. The number of esters is 1. The Hall–Kier alpha value is -2.86. The predicted molar refractivity (Wildman–Crippen MR) is 134 cm³/mol. The van der Waals surface area contributed by atoms with Crippen LogP contribution in [0.3, 0.4) is 0 Å². The third kappa shape index (κ3) is 5.06. The Morgan fingerprint density at radius 1 is 1.09 bits per heavy atom. The number of hydrogen-bond donors (Lipinski definition) is 0. The molecule has 6 nitrogen and oxygen atoms in total. The molecule has 0 bridgehead atoms. The average Bonchev–Trinajstić information content (AvgIpc) is 2.79. The SMILES string of the molecule is CCOC(=O)C1=C[C@H](C)[C@H](N=[N+]=[N-])[C@@H](O[Si](c2ccccc2)(c2ccccc2)C(C)(C)C)C1. The highest BCUT2D eigenvalue weighted by Crippen LogP contribution is 2.40. The highest BCUT2D eigenvalue weighted by Gasteiger charge is 2.53. The van der Waals surface area contributed by atoms with Crippen molar-refractivity contribution in [3.63, 3.8) is 0 Å². The van der Waals surface area contributed by atoms with Gasteiger partial charge in [0.1, 0.15) is 0 Å². The molecule has 2 aromatic rings. The molecule has 0 spiro atoms. The van der Waals surface area contributed by atoms with E-state index in [1.165, 1.54) is 0 Å². The molecule has 33 heavy (non-hydrogen) atoms. The van der Waals surface area contributed by atoms with Crippen molar-refractivity contribution in [2.45, 2.75) is 58.2 Å². The van der Waals surface area contributed by atoms with Crippen LogP contribution in [0, 0.1) is 5.92 Å². The zero-order chi connectivity index (χ0) is 24.1. The largest absolute Gasteiger partial charge is 0.463 e. The van der Waals surface area contributed by atoms with Crippen LogP contribution in [0.15, 0.2) is 77.4 Å². The van der Waals surface area contributed by atoms with E-state index in [1.54, 1.807) is 6.92 Å². The summed E-state index contributed by atoms with van der Waals surface area (Å²) in [5, 5.41) is 6.17. The maximum Gasteiger partial charge on any atom is 0.333 e. The summed E-state index contributed by atoms with van der Waals surface area (Å²) in [6.07, 6.45) is 1.76. The summed E-state index contributed by atoms with van der Waals surface area (Å²) < 4.78 is 12.5. The molecule has 0 aliphatic heterocycles. The Morgan fingerprint density at radius 2 is 1.64 bits per heavy atom. The van der Waals surface area contributed by atoms with Gasteiger partial charge in [0.25, 0.3) is 8.32 Å². The van der Waals surface area contributed by atoms with Crippen LogP contribution in [0.1, 0.15) is 41.0 Å². The molecule has 1 aliphatic carbocycles. The van der Waals surface area contributed by atoms with Crippen LogP contribution in [0.25, 0.3) is 10.4 Å². The van der Waals surface area contributed by atoms with Crippen molar-refractivity contribution >= 4 is 24.7 Å². The molecular weight excluding hydrogens is 430 g/mol. The minimum Gasteiger partial charge on any atom is -0.463 e. The number of ether oxygens (including phenoxy) is 1. The Balaban J connectivity index is 2.18. The van der Waals surface area contributed by atoms with Gasteiger partial charge in [0.05, 0.1) is 18.8 Å². The first kappa shape index (κ1) is 24.8. The first-order valence-electron chi connectivity index (χ1n) is 11.5. The second kappa shape index (κ2) is 10.4. The lowest BCUT2D eigenvalue weighted by Gasteiger charge is -2.47. The van der Waals surface area contributed by atoms with Crippen molar-refractivity contribution in [3.05, 3.63) is 82.8 Å². The Morgan fingerprint density at radius 3 is 2.09 bits per heavy atom. The van der Waals surface area contributed by atoms with Gasteiger partial charge in [-0.05, 0) is 33.8 Å². The molecule has 0 fully saturated rings. The highest BCUT2D eigenvalue weighted by atomic mass is 28.4. The minimum absolute atomic E-state index is 0.155. The lowest BCUT2D eigenvalue weighted by Crippen LogP contribution is -2.68. The second-order valence-electron chi connectivity index (χ2n) is 9.49. The van der Waals surface area contributed by atoms with Crippen LogP contribution in [0.5, 0.6) is 0 Å². The molecule has 0 N–H and O–H groups in total. The van der Waals surface area contributed by atoms with Crippen molar-refractivity contribution in [2.24, 2.45) is 11.0 Å². The number of azide groups is 1. The van der Waals surface area contributed by atoms with Gasteiger partial charge in [0.2, 0.25) is 0 Å². The first-order valence-corrected chi connectivity index (χ1v) is 13.4. The van der Waals surface area contributed by atoms with Crippen molar-refractivity contribution in [1.82, 2.24) is 0 Å². The summed E-state index contributed by atoms with van der Waals surface area (Å²) in [4.78, 5) is 15.7. The summed E-state index contributed by atoms with van der Waals surface area (Å²) in [7, 11) is -2.88. The van der Waals surface area contributed by atoms with Gasteiger partial charge in [0.15, 0.2) is 0 Å². The monoisotopic (exact) mass is 463 g/mol. The van der Waals surface area contributed by atoms with E-state index in [1.807, 2.05) is 49.4 Å². The molecule has 0 heterocycles. The summed E-state index contributed by atoms with van der Waals surface area (Å²) >= 11 is 0. The maximum absolute atomic E-state index is 12.6. The molecular formula is C26H33N3O3Si. The van der Waals surface area contributed by atoms with E-state index in [-0.39, 0.29) is 16.9 Å². The number of carbonyl (C=O) groups excluding carboxylic acids is 1. The number of nitrogens with zero attached hydrogens (tertiary/aromatic N) is 3. The summed E-state index contributed by atoms with van der Waals surface area (Å²) in [5.41, 5.74) is 9.89. The fraction of sp³-hybridized carbons (Fsp3) is 0.423. The van der Waals surface area contributed by atoms with Crippen molar-refractivity contribution < 1.29 is 14.0 Å². The lowest BCUT2D eigenvalue weighted by molar-refractivity contribution is -0.139. The average molecular weight is 464 g/mol. The quantitative estimate of drug-likeness (QED) is 0.187. The van der Waals surface area contributed by atoms with Crippen molar-refractivity contribution in [2.75, 3.05) is 6.61 Å². The van der Waals surface area contributed by atoms with Crippen LogP contribution < -0.4 is 10.4 Å². The van der Waals surface area contributed by atoms with Gasteiger partial charge in [-0.2, -0.15) is 0 Å². The molecule has 0 saturated carbocycles. The Labute approximate surface area is 197 Å². The normalized spacial score (nSPS) is 21.0. The van der Waals surface area contributed by atoms with Crippen molar-refractivity contribution in [1.29, 1.82) is 0 Å². The molecule has 0 saturated heterocycles. The lowest BCUT2D eigenvalue weighted by atomic mass is 9.85. The molecule has 0 aromatic heterocycles. The molecule has 0 unspecified atom stereocenters. The van der Waals surface area contributed by atoms with E-state index in [9.17, 15) is 10.3 Å². The first-order chi connectivity index (χ1) is 15.7. The maximum atomic E-state index is 12.6. The molecule has 7 heteroatoms. The third-order valence-corrected chi connectivity index (χ3v) is 11.3.